The molecule has 2 aromatic heterocycles. The van der Waals surface area contributed by atoms with Gasteiger partial charge in [0, 0.05) is 12.1 Å². The number of benzene rings is 1. The number of methoxy groups -OCH3 is 2. The Hall–Kier alpha value is -3.29. The first-order valence-corrected chi connectivity index (χ1v) is 10.0. The van der Waals surface area contributed by atoms with Crippen LogP contribution in [0.25, 0.3) is 11.3 Å². The molecule has 0 bridgehead atoms. The number of carbonyl (C=O) groups excluding carboxylic acids is 1. The largest absolute Gasteiger partial charge is 0.496 e. The number of hydrogen-bond donors (Lipinski definition) is 1. The van der Waals surface area contributed by atoms with Crippen LogP contribution in [-0.2, 0) is 0 Å². The number of nitrogens with one attached hydrogen (secondary N) is 1. The third-order valence-electron chi connectivity index (χ3n) is 5.81. The Balaban J connectivity index is 1.75. The second kappa shape index (κ2) is 8.22. The van der Waals surface area contributed by atoms with E-state index < -0.39 is 0 Å². The van der Waals surface area contributed by atoms with E-state index >= 15 is 0 Å². The maximum Gasteiger partial charge on any atom is 0.261 e. The summed E-state index contributed by atoms with van der Waals surface area (Å²) in [4.78, 5) is 15.6. The van der Waals surface area contributed by atoms with Crippen LogP contribution in [0.1, 0.15) is 52.6 Å². The Morgan fingerprint density at radius 2 is 1.93 bits per heavy atom. The number of hydrogen-bond acceptors (Lipinski definition) is 6. The fourth-order valence-electron chi connectivity index (χ4n) is 4.08. The van der Waals surface area contributed by atoms with Gasteiger partial charge in [-0.05, 0) is 45.2 Å². The molecule has 1 N–H and O–H groups in total. The first kappa shape index (κ1) is 20.0. The number of aryl methyl sites for hydroxylation is 1. The average molecular weight is 410 g/mol. The van der Waals surface area contributed by atoms with Crippen molar-refractivity contribution in [2.75, 3.05) is 20.8 Å². The second-order valence-electron chi connectivity index (χ2n) is 7.47. The van der Waals surface area contributed by atoms with E-state index in [0.29, 0.717) is 29.4 Å². The molecule has 4 rings (SSSR count). The van der Waals surface area contributed by atoms with E-state index in [0.717, 1.165) is 41.8 Å². The summed E-state index contributed by atoms with van der Waals surface area (Å²) in [5.74, 6) is 1.55. The monoisotopic (exact) mass is 410 g/mol. The minimum absolute atomic E-state index is 0.125. The third-order valence-corrected chi connectivity index (χ3v) is 5.81. The van der Waals surface area contributed by atoms with Crippen LogP contribution in [0, 0.1) is 13.8 Å². The van der Waals surface area contributed by atoms with Crippen LogP contribution in [-0.4, -0.2) is 46.9 Å². The molecular weight excluding hydrogens is 384 g/mol. The maximum atomic E-state index is 13.7. The van der Waals surface area contributed by atoms with Gasteiger partial charge >= 0.3 is 0 Å². The van der Waals surface area contributed by atoms with Crippen molar-refractivity contribution in [2.45, 2.75) is 39.2 Å². The van der Waals surface area contributed by atoms with Gasteiger partial charge in [-0.3, -0.25) is 9.89 Å². The topological polar surface area (TPSA) is 93.5 Å². The summed E-state index contributed by atoms with van der Waals surface area (Å²) < 4.78 is 16.5. The van der Waals surface area contributed by atoms with Crippen LogP contribution in [0.2, 0.25) is 0 Å². The zero-order valence-electron chi connectivity index (χ0n) is 17.7. The fraction of sp³-hybridized carbons (Fsp3) is 0.409. The van der Waals surface area contributed by atoms with Gasteiger partial charge in [-0.25, -0.2) is 0 Å². The third kappa shape index (κ3) is 3.32. The Morgan fingerprint density at radius 1 is 1.20 bits per heavy atom. The molecule has 3 heterocycles. The van der Waals surface area contributed by atoms with Gasteiger partial charge in [0.2, 0.25) is 0 Å². The van der Waals surface area contributed by atoms with Gasteiger partial charge in [0.15, 0.2) is 5.76 Å². The lowest BCUT2D eigenvalue weighted by atomic mass is 9.94. The number of piperidine rings is 1. The highest BCUT2D eigenvalue weighted by Crippen LogP contribution is 2.39. The fourth-order valence-corrected chi connectivity index (χ4v) is 4.08. The zero-order chi connectivity index (χ0) is 21.3. The molecule has 158 valence electrons. The zero-order valence-corrected chi connectivity index (χ0v) is 17.7. The van der Waals surface area contributed by atoms with Gasteiger partial charge in [-0.2, -0.15) is 5.10 Å². The summed E-state index contributed by atoms with van der Waals surface area (Å²) >= 11 is 0. The Kier molecular flexibility index (Phi) is 5.48. The summed E-state index contributed by atoms with van der Waals surface area (Å²) in [6.45, 7) is 4.52. The van der Waals surface area contributed by atoms with Crippen molar-refractivity contribution >= 4 is 5.91 Å². The summed E-state index contributed by atoms with van der Waals surface area (Å²) in [6, 6.07) is 5.20. The van der Waals surface area contributed by atoms with E-state index in [2.05, 4.69) is 15.4 Å². The molecule has 8 nitrogen and oxygen atoms in total. The highest BCUT2D eigenvalue weighted by atomic mass is 16.5. The lowest BCUT2D eigenvalue weighted by Gasteiger charge is -2.36. The minimum atomic E-state index is -0.164. The molecule has 30 heavy (non-hydrogen) atoms. The van der Waals surface area contributed by atoms with E-state index in [1.807, 2.05) is 24.8 Å². The van der Waals surface area contributed by atoms with E-state index in [1.54, 1.807) is 32.5 Å². The van der Waals surface area contributed by atoms with Gasteiger partial charge in [-0.15, -0.1) is 0 Å². The first-order chi connectivity index (χ1) is 14.6. The highest BCUT2D eigenvalue weighted by Gasteiger charge is 2.35. The molecule has 1 saturated heterocycles. The lowest BCUT2D eigenvalue weighted by molar-refractivity contribution is 0.0599. The van der Waals surface area contributed by atoms with Gasteiger partial charge in [-0.1, -0.05) is 11.2 Å². The Bertz CT molecular complexity index is 1030. The summed E-state index contributed by atoms with van der Waals surface area (Å²) in [5, 5.41) is 11.4. The summed E-state index contributed by atoms with van der Waals surface area (Å²) in [7, 11) is 3.11. The van der Waals surface area contributed by atoms with Crippen molar-refractivity contribution in [1.82, 2.24) is 20.3 Å². The molecule has 1 fully saturated rings. The SMILES string of the molecule is COc1cccc(OC)c1C(=O)N1CCCC[C@H]1c1[nH]ncc1-c1onc(C)c1C. The summed E-state index contributed by atoms with van der Waals surface area (Å²) in [5.41, 5.74) is 3.94. The van der Waals surface area contributed by atoms with Crippen molar-refractivity contribution in [3.8, 4) is 22.8 Å². The number of rotatable bonds is 5. The molecule has 8 heteroatoms. The van der Waals surface area contributed by atoms with Crippen molar-refractivity contribution in [3.63, 3.8) is 0 Å². The number of amides is 1. The second-order valence-corrected chi connectivity index (χ2v) is 7.47. The van der Waals surface area contributed by atoms with Gasteiger partial charge in [0.1, 0.15) is 17.1 Å². The molecule has 1 atom stereocenters. The van der Waals surface area contributed by atoms with Crippen LogP contribution in [0.15, 0.2) is 28.9 Å². The number of H-pyrrole nitrogens is 1. The van der Waals surface area contributed by atoms with E-state index in [9.17, 15) is 4.79 Å². The lowest BCUT2D eigenvalue weighted by Crippen LogP contribution is -2.39. The molecule has 1 aliphatic heterocycles. The molecule has 1 aromatic carbocycles. The molecule has 1 aliphatic rings. The first-order valence-electron chi connectivity index (χ1n) is 10.0. The molecule has 0 radical (unpaired) electrons. The van der Waals surface area contributed by atoms with E-state index in [1.165, 1.54) is 0 Å². The molecule has 0 unspecified atom stereocenters. The van der Waals surface area contributed by atoms with Crippen LogP contribution in [0.5, 0.6) is 11.5 Å². The number of carbonyl (C=O) groups is 1. The van der Waals surface area contributed by atoms with Gasteiger partial charge in [0.25, 0.3) is 5.91 Å². The number of ether oxygens (including phenoxy) is 2. The summed E-state index contributed by atoms with van der Waals surface area (Å²) in [6.07, 6.45) is 4.52. The van der Waals surface area contributed by atoms with Crippen LogP contribution >= 0.6 is 0 Å². The van der Waals surface area contributed by atoms with Crippen LogP contribution in [0.3, 0.4) is 0 Å². The number of aromatic nitrogens is 3. The van der Waals surface area contributed by atoms with Gasteiger partial charge < -0.3 is 18.9 Å². The quantitative estimate of drug-likeness (QED) is 0.682. The molecule has 1 amide bonds. The molecule has 0 spiro atoms. The minimum Gasteiger partial charge on any atom is -0.496 e. The predicted octanol–water partition coefficient (Wildman–Crippen LogP) is 4.07. The predicted molar refractivity (Wildman–Crippen MR) is 111 cm³/mol. The maximum absolute atomic E-state index is 13.7. The molecular formula is C22H26N4O4. The Labute approximate surface area is 175 Å². The smallest absolute Gasteiger partial charge is 0.261 e. The van der Waals surface area contributed by atoms with Crippen molar-refractivity contribution in [1.29, 1.82) is 0 Å². The van der Waals surface area contributed by atoms with Crippen molar-refractivity contribution in [3.05, 3.63) is 46.9 Å². The van der Waals surface area contributed by atoms with Gasteiger partial charge in [0.05, 0.1) is 43.4 Å². The normalized spacial score (nSPS) is 16.5. The molecule has 3 aromatic rings. The number of aromatic amines is 1. The van der Waals surface area contributed by atoms with E-state index in [4.69, 9.17) is 14.0 Å². The van der Waals surface area contributed by atoms with E-state index in [-0.39, 0.29) is 11.9 Å². The van der Waals surface area contributed by atoms with Crippen LogP contribution < -0.4 is 9.47 Å². The van der Waals surface area contributed by atoms with Crippen LogP contribution in [0.4, 0.5) is 0 Å². The van der Waals surface area contributed by atoms with Crippen molar-refractivity contribution < 1.29 is 18.8 Å². The Morgan fingerprint density at radius 3 is 2.57 bits per heavy atom. The van der Waals surface area contributed by atoms with Crippen molar-refractivity contribution in [2.24, 2.45) is 0 Å². The molecule has 0 aliphatic carbocycles. The number of nitrogens with zero attached hydrogens (tertiary/aromatic N) is 3. The average Bonchev–Trinajstić information content (AvgIpc) is 3.39. The highest BCUT2D eigenvalue weighted by molar-refractivity contribution is 6.00. The number of likely N-dealkylation sites (tertiary alicyclic amines) is 1. The standard InChI is InChI=1S/C22H26N4O4/c1-13-14(2)25-30-21(13)15-12-23-24-20(15)16-8-5-6-11-26(16)22(27)19-17(28-3)9-7-10-18(19)29-4/h7,9-10,12,16H,5-6,8,11H2,1-4H3,(H,23,24)/t16-/m0/s1. The molecule has 0 saturated carbocycles.